The first kappa shape index (κ1) is 9.57. The average Bonchev–Trinajstić information content (AvgIpc) is 2.28. The highest BCUT2D eigenvalue weighted by atomic mass is 16.1. The molecule has 0 fully saturated rings. The number of aromatic amines is 1. The monoisotopic (exact) mass is 182 g/mol. The SMILES string of the molecule is CC(C)(C)c1n[nH]c(C(N)=O)c1N. The van der Waals surface area contributed by atoms with Crippen molar-refractivity contribution in [1.29, 1.82) is 0 Å². The lowest BCUT2D eigenvalue weighted by Crippen LogP contribution is -2.16. The van der Waals surface area contributed by atoms with Crippen LogP contribution >= 0.6 is 0 Å². The molecule has 1 aromatic rings. The van der Waals surface area contributed by atoms with Crippen LogP contribution in [0.2, 0.25) is 0 Å². The number of aromatic nitrogens is 2. The van der Waals surface area contributed by atoms with Crippen LogP contribution in [0.4, 0.5) is 5.69 Å². The second-order valence-corrected chi connectivity index (χ2v) is 3.98. The summed E-state index contributed by atoms with van der Waals surface area (Å²) in [5.74, 6) is -0.583. The molecule has 72 valence electrons. The highest BCUT2D eigenvalue weighted by Gasteiger charge is 2.24. The van der Waals surface area contributed by atoms with E-state index in [9.17, 15) is 4.79 Å². The van der Waals surface area contributed by atoms with Gasteiger partial charge in [0.2, 0.25) is 0 Å². The number of carbonyl (C=O) groups is 1. The number of H-pyrrole nitrogens is 1. The molecule has 1 heterocycles. The lowest BCUT2D eigenvalue weighted by Gasteiger charge is -2.15. The molecular weight excluding hydrogens is 168 g/mol. The third kappa shape index (κ3) is 1.63. The van der Waals surface area contributed by atoms with E-state index >= 15 is 0 Å². The summed E-state index contributed by atoms with van der Waals surface area (Å²) in [6.45, 7) is 5.89. The van der Waals surface area contributed by atoms with Crippen LogP contribution in [0.25, 0.3) is 0 Å². The summed E-state index contributed by atoms with van der Waals surface area (Å²) in [4.78, 5) is 10.8. The highest BCUT2D eigenvalue weighted by molar-refractivity contribution is 5.96. The first-order valence-corrected chi connectivity index (χ1v) is 3.98. The van der Waals surface area contributed by atoms with Gasteiger partial charge in [-0.25, -0.2) is 0 Å². The molecule has 0 unspecified atom stereocenters. The maximum atomic E-state index is 10.8. The maximum absolute atomic E-state index is 10.8. The smallest absolute Gasteiger partial charge is 0.268 e. The zero-order valence-corrected chi connectivity index (χ0v) is 8.01. The Morgan fingerprint density at radius 2 is 2.00 bits per heavy atom. The van der Waals surface area contributed by atoms with Crippen molar-refractivity contribution in [2.75, 3.05) is 5.73 Å². The third-order valence-corrected chi connectivity index (χ3v) is 1.76. The molecule has 0 aliphatic heterocycles. The Hall–Kier alpha value is -1.52. The van der Waals surface area contributed by atoms with Crippen molar-refractivity contribution < 1.29 is 4.79 Å². The Balaban J connectivity index is 3.22. The van der Waals surface area contributed by atoms with Crippen molar-refractivity contribution in [3.63, 3.8) is 0 Å². The predicted molar refractivity (Wildman–Crippen MR) is 50.2 cm³/mol. The van der Waals surface area contributed by atoms with Gasteiger partial charge in [-0.05, 0) is 0 Å². The Labute approximate surface area is 76.5 Å². The second kappa shape index (κ2) is 2.76. The number of nitrogens with two attached hydrogens (primary N) is 2. The summed E-state index contributed by atoms with van der Waals surface area (Å²) in [7, 11) is 0. The molecule has 0 saturated heterocycles. The molecule has 0 aromatic carbocycles. The number of nitrogen functional groups attached to an aromatic ring is 1. The number of anilines is 1. The summed E-state index contributed by atoms with van der Waals surface area (Å²) in [5, 5.41) is 6.49. The van der Waals surface area contributed by atoms with Crippen LogP contribution < -0.4 is 11.5 Å². The van der Waals surface area contributed by atoms with Gasteiger partial charge in [0.05, 0.1) is 11.4 Å². The van der Waals surface area contributed by atoms with Gasteiger partial charge in [-0.2, -0.15) is 5.10 Å². The fourth-order valence-electron chi connectivity index (χ4n) is 1.11. The van der Waals surface area contributed by atoms with E-state index in [0.29, 0.717) is 11.4 Å². The Kier molecular flexibility index (Phi) is 2.03. The quantitative estimate of drug-likeness (QED) is 0.585. The van der Waals surface area contributed by atoms with E-state index in [-0.39, 0.29) is 11.1 Å². The summed E-state index contributed by atoms with van der Waals surface area (Å²) in [6, 6.07) is 0. The molecule has 1 amide bonds. The minimum Gasteiger partial charge on any atom is -0.395 e. The van der Waals surface area contributed by atoms with Gasteiger partial charge >= 0.3 is 0 Å². The van der Waals surface area contributed by atoms with Crippen LogP contribution in [0, 0.1) is 0 Å². The number of nitrogens with one attached hydrogen (secondary N) is 1. The Morgan fingerprint density at radius 3 is 2.23 bits per heavy atom. The van der Waals surface area contributed by atoms with E-state index in [1.54, 1.807) is 0 Å². The first-order valence-electron chi connectivity index (χ1n) is 3.98. The maximum Gasteiger partial charge on any atom is 0.268 e. The molecular formula is C8H14N4O. The van der Waals surface area contributed by atoms with E-state index < -0.39 is 5.91 Å². The lowest BCUT2D eigenvalue weighted by molar-refractivity contribution is 0.0996. The topological polar surface area (TPSA) is 97.8 Å². The number of hydrogen-bond acceptors (Lipinski definition) is 3. The van der Waals surface area contributed by atoms with Crippen molar-refractivity contribution in [2.24, 2.45) is 5.73 Å². The fourth-order valence-corrected chi connectivity index (χ4v) is 1.11. The number of hydrogen-bond donors (Lipinski definition) is 3. The van der Waals surface area contributed by atoms with E-state index in [1.165, 1.54) is 0 Å². The van der Waals surface area contributed by atoms with Crippen molar-refractivity contribution in [1.82, 2.24) is 10.2 Å². The molecule has 1 rings (SSSR count). The van der Waals surface area contributed by atoms with Gasteiger partial charge in [0, 0.05) is 5.41 Å². The van der Waals surface area contributed by atoms with E-state index in [2.05, 4.69) is 10.2 Å². The van der Waals surface area contributed by atoms with Crippen LogP contribution in [0.15, 0.2) is 0 Å². The van der Waals surface area contributed by atoms with E-state index in [1.807, 2.05) is 20.8 Å². The Bertz CT molecular complexity index is 334. The van der Waals surface area contributed by atoms with Crippen LogP contribution in [-0.4, -0.2) is 16.1 Å². The van der Waals surface area contributed by atoms with Gasteiger partial charge in [0.25, 0.3) is 5.91 Å². The van der Waals surface area contributed by atoms with Crippen LogP contribution in [0.3, 0.4) is 0 Å². The predicted octanol–water partition coefficient (Wildman–Crippen LogP) is 0.388. The normalized spacial score (nSPS) is 11.6. The summed E-state index contributed by atoms with van der Waals surface area (Å²) >= 11 is 0. The lowest BCUT2D eigenvalue weighted by atomic mass is 9.91. The fraction of sp³-hybridized carbons (Fsp3) is 0.500. The third-order valence-electron chi connectivity index (χ3n) is 1.76. The minimum absolute atomic E-state index is 0.185. The molecule has 0 atom stereocenters. The molecule has 0 aliphatic carbocycles. The van der Waals surface area contributed by atoms with Crippen LogP contribution in [-0.2, 0) is 5.41 Å². The van der Waals surface area contributed by atoms with Gasteiger partial charge < -0.3 is 11.5 Å². The zero-order chi connectivity index (χ0) is 10.2. The molecule has 13 heavy (non-hydrogen) atoms. The van der Waals surface area contributed by atoms with Gasteiger partial charge in [-0.15, -0.1) is 0 Å². The van der Waals surface area contributed by atoms with Crippen molar-refractivity contribution in [3.05, 3.63) is 11.4 Å². The van der Waals surface area contributed by atoms with Crippen molar-refractivity contribution in [2.45, 2.75) is 26.2 Å². The second-order valence-electron chi connectivity index (χ2n) is 3.98. The molecule has 0 aliphatic rings. The number of rotatable bonds is 1. The molecule has 5 heteroatoms. The molecule has 0 spiro atoms. The van der Waals surface area contributed by atoms with Gasteiger partial charge in [0.1, 0.15) is 5.69 Å². The number of carbonyl (C=O) groups excluding carboxylic acids is 1. The minimum atomic E-state index is -0.583. The number of amides is 1. The molecule has 0 bridgehead atoms. The van der Waals surface area contributed by atoms with Gasteiger partial charge in [-0.1, -0.05) is 20.8 Å². The van der Waals surface area contributed by atoms with E-state index in [4.69, 9.17) is 11.5 Å². The molecule has 0 saturated carbocycles. The Morgan fingerprint density at radius 1 is 1.46 bits per heavy atom. The molecule has 5 N–H and O–H groups in total. The van der Waals surface area contributed by atoms with Gasteiger partial charge in [0.15, 0.2) is 0 Å². The molecule has 5 nitrogen and oxygen atoms in total. The summed E-state index contributed by atoms with van der Waals surface area (Å²) in [5.41, 5.74) is 11.8. The van der Waals surface area contributed by atoms with Crippen LogP contribution in [0.5, 0.6) is 0 Å². The van der Waals surface area contributed by atoms with Crippen molar-refractivity contribution >= 4 is 11.6 Å². The van der Waals surface area contributed by atoms with Crippen molar-refractivity contribution in [3.8, 4) is 0 Å². The summed E-state index contributed by atoms with van der Waals surface area (Å²) < 4.78 is 0. The van der Waals surface area contributed by atoms with Gasteiger partial charge in [-0.3, -0.25) is 9.89 Å². The standard InChI is InChI=1S/C8H14N4O/c1-8(2,3)6-4(9)5(7(10)13)11-12-6/h9H2,1-3H3,(H2,10,13)(H,11,12). The largest absolute Gasteiger partial charge is 0.395 e. The average molecular weight is 182 g/mol. The number of nitrogens with zero attached hydrogens (tertiary/aromatic N) is 1. The number of primary amides is 1. The highest BCUT2D eigenvalue weighted by Crippen LogP contribution is 2.27. The molecule has 0 radical (unpaired) electrons. The molecule has 1 aromatic heterocycles. The zero-order valence-electron chi connectivity index (χ0n) is 8.01. The first-order chi connectivity index (χ1) is 5.84. The van der Waals surface area contributed by atoms with E-state index in [0.717, 1.165) is 0 Å². The summed E-state index contributed by atoms with van der Waals surface area (Å²) in [6.07, 6.45) is 0. The van der Waals surface area contributed by atoms with Crippen LogP contribution in [0.1, 0.15) is 37.0 Å².